The van der Waals surface area contributed by atoms with Crippen molar-refractivity contribution in [3.63, 3.8) is 0 Å². The molecule has 0 aliphatic carbocycles. The van der Waals surface area contributed by atoms with E-state index in [1.807, 2.05) is 24.1 Å². The molecule has 1 aliphatic rings. The topological polar surface area (TPSA) is 59.2 Å². The summed E-state index contributed by atoms with van der Waals surface area (Å²) in [4.78, 5) is 17.9. The largest absolute Gasteiger partial charge is 0.330 e. The van der Waals surface area contributed by atoms with Crippen molar-refractivity contribution in [1.82, 2.24) is 9.88 Å². The van der Waals surface area contributed by atoms with E-state index >= 15 is 0 Å². The van der Waals surface area contributed by atoms with Gasteiger partial charge in [0.25, 0.3) is 0 Å². The summed E-state index contributed by atoms with van der Waals surface area (Å²) >= 11 is 1.54. The van der Waals surface area contributed by atoms with Gasteiger partial charge in [0.1, 0.15) is 0 Å². The third kappa shape index (κ3) is 1.77. The van der Waals surface area contributed by atoms with Crippen molar-refractivity contribution in [3.05, 3.63) is 16.6 Å². The van der Waals surface area contributed by atoms with Crippen LogP contribution in [0.4, 0.5) is 0 Å². The van der Waals surface area contributed by atoms with E-state index < -0.39 is 0 Å². The fourth-order valence-electron chi connectivity index (χ4n) is 2.12. The molecule has 82 valence electrons. The van der Waals surface area contributed by atoms with Crippen LogP contribution in [0.15, 0.2) is 10.9 Å². The van der Waals surface area contributed by atoms with Gasteiger partial charge in [0, 0.05) is 23.9 Å². The van der Waals surface area contributed by atoms with Crippen LogP contribution in [0.3, 0.4) is 0 Å². The van der Waals surface area contributed by atoms with E-state index in [0.29, 0.717) is 6.42 Å². The second-order valence-electron chi connectivity index (χ2n) is 4.12. The Kier molecular flexibility index (Phi) is 2.75. The Morgan fingerprint density at radius 1 is 1.67 bits per heavy atom. The number of carbonyl (C=O) groups is 1. The number of hydrogen-bond acceptors (Lipinski definition) is 4. The number of rotatable bonds is 2. The molecule has 15 heavy (non-hydrogen) atoms. The summed E-state index contributed by atoms with van der Waals surface area (Å²) in [5, 5.41) is 1.97. The van der Waals surface area contributed by atoms with E-state index in [0.717, 1.165) is 5.69 Å². The van der Waals surface area contributed by atoms with Crippen molar-refractivity contribution < 1.29 is 4.79 Å². The Hall–Kier alpha value is -0.940. The molecule has 0 saturated carbocycles. The van der Waals surface area contributed by atoms with E-state index in [1.165, 1.54) is 11.3 Å². The molecule has 2 atom stereocenters. The lowest BCUT2D eigenvalue weighted by Gasteiger charge is -2.29. The Morgan fingerprint density at radius 2 is 2.40 bits per heavy atom. The second kappa shape index (κ2) is 3.90. The van der Waals surface area contributed by atoms with Crippen LogP contribution < -0.4 is 5.73 Å². The van der Waals surface area contributed by atoms with Gasteiger partial charge in [-0.05, 0) is 13.8 Å². The van der Waals surface area contributed by atoms with Crippen molar-refractivity contribution in [1.29, 1.82) is 0 Å². The lowest BCUT2D eigenvalue weighted by molar-refractivity contribution is -0.130. The fraction of sp³-hybridized carbons (Fsp3) is 0.600. The monoisotopic (exact) mass is 225 g/mol. The third-order valence-corrected chi connectivity index (χ3v) is 3.32. The van der Waals surface area contributed by atoms with Gasteiger partial charge in [0.15, 0.2) is 0 Å². The molecular formula is C10H15N3OS. The van der Waals surface area contributed by atoms with E-state index in [2.05, 4.69) is 4.98 Å². The first-order valence-electron chi connectivity index (χ1n) is 5.06. The highest BCUT2D eigenvalue weighted by molar-refractivity contribution is 7.07. The maximum absolute atomic E-state index is 11.8. The lowest BCUT2D eigenvalue weighted by Crippen LogP contribution is -2.37. The van der Waals surface area contributed by atoms with Crippen molar-refractivity contribution in [2.45, 2.75) is 38.4 Å². The number of likely N-dealkylation sites (tertiary alicyclic amines) is 1. The van der Waals surface area contributed by atoms with Gasteiger partial charge in [0.05, 0.1) is 17.2 Å². The van der Waals surface area contributed by atoms with Crippen LogP contribution in [-0.4, -0.2) is 27.9 Å². The van der Waals surface area contributed by atoms with Crippen molar-refractivity contribution in [3.8, 4) is 0 Å². The zero-order valence-electron chi connectivity index (χ0n) is 8.88. The minimum absolute atomic E-state index is 0.0382. The quantitative estimate of drug-likeness (QED) is 0.821. The number of carbonyl (C=O) groups excluding carboxylic acids is 1. The van der Waals surface area contributed by atoms with Crippen LogP contribution in [0.1, 0.15) is 32.0 Å². The SMILES string of the molecule is CC(C)N1C(=O)CC(N)C1c1cscn1. The first-order valence-corrected chi connectivity index (χ1v) is 6.00. The van der Waals surface area contributed by atoms with Gasteiger partial charge in [0.2, 0.25) is 5.91 Å². The van der Waals surface area contributed by atoms with Crippen LogP contribution in [0.25, 0.3) is 0 Å². The molecule has 1 aromatic heterocycles. The Bertz CT molecular complexity index is 350. The average Bonchev–Trinajstić information content (AvgIpc) is 2.71. The van der Waals surface area contributed by atoms with Gasteiger partial charge < -0.3 is 10.6 Å². The number of thiazole rings is 1. The number of aromatic nitrogens is 1. The molecule has 0 bridgehead atoms. The highest BCUT2D eigenvalue weighted by Gasteiger charge is 2.40. The smallest absolute Gasteiger partial charge is 0.225 e. The molecule has 4 nitrogen and oxygen atoms in total. The predicted octanol–water partition coefficient (Wildman–Crippen LogP) is 1.15. The molecule has 0 radical (unpaired) electrons. The van der Waals surface area contributed by atoms with E-state index in [4.69, 9.17) is 5.73 Å². The molecule has 1 amide bonds. The van der Waals surface area contributed by atoms with Gasteiger partial charge >= 0.3 is 0 Å². The number of amides is 1. The van der Waals surface area contributed by atoms with Gasteiger partial charge in [-0.3, -0.25) is 4.79 Å². The molecule has 2 rings (SSSR count). The molecule has 1 aliphatic heterocycles. The molecule has 2 N–H and O–H groups in total. The Morgan fingerprint density at radius 3 is 2.93 bits per heavy atom. The first kappa shape index (κ1) is 10.6. The zero-order valence-corrected chi connectivity index (χ0v) is 9.70. The Balaban J connectivity index is 2.32. The van der Waals surface area contributed by atoms with Crippen LogP contribution in [-0.2, 0) is 4.79 Å². The van der Waals surface area contributed by atoms with Crippen LogP contribution >= 0.6 is 11.3 Å². The maximum atomic E-state index is 11.8. The minimum Gasteiger partial charge on any atom is -0.330 e. The highest BCUT2D eigenvalue weighted by atomic mass is 32.1. The summed E-state index contributed by atoms with van der Waals surface area (Å²) in [5.74, 6) is 0.135. The molecule has 1 saturated heterocycles. The summed E-state index contributed by atoms with van der Waals surface area (Å²) in [6.07, 6.45) is 0.431. The predicted molar refractivity (Wildman–Crippen MR) is 59.4 cm³/mol. The van der Waals surface area contributed by atoms with E-state index in [1.54, 1.807) is 5.51 Å². The molecule has 2 heterocycles. The first-order chi connectivity index (χ1) is 7.11. The second-order valence-corrected chi connectivity index (χ2v) is 4.84. The number of nitrogens with two attached hydrogens (primary N) is 1. The molecule has 0 spiro atoms. The molecule has 1 fully saturated rings. The van der Waals surface area contributed by atoms with Crippen molar-refractivity contribution >= 4 is 17.2 Å². The molecular weight excluding hydrogens is 210 g/mol. The summed E-state index contributed by atoms with van der Waals surface area (Å²) < 4.78 is 0. The fourth-order valence-corrected chi connectivity index (χ4v) is 2.70. The number of hydrogen-bond donors (Lipinski definition) is 1. The molecule has 5 heteroatoms. The van der Waals surface area contributed by atoms with Crippen LogP contribution in [0.2, 0.25) is 0 Å². The van der Waals surface area contributed by atoms with Crippen LogP contribution in [0.5, 0.6) is 0 Å². The lowest BCUT2D eigenvalue weighted by atomic mass is 10.1. The number of nitrogens with zero attached hydrogens (tertiary/aromatic N) is 2. The molecule has 0 aromatic carbocycles. The van der Waals surface area contributed by atoms with E-state index in [9.17, 15) is 4.79 Å². The van der Waals surface area contributed by atoms with Crippen molar-refractivity contribution in [2.24, 2.45) is 5.73 Å². The van der Waals surface area contributed by atoms with Gasteiger partial charge in [-0.25, -0.2) is 4.98 Å². The zero-order chi connectivity index (χ0) is 11.0. The standard InChI is InChI=1S/C10H15N3OS/c1-6(2)13-9(14)3-7(11)10(13)8-4-15-5-12-8/h4-7,10H,3,11H2,1-2H3. The van der Waals surface area contributed by atoms with Gasteiger partial charge in [-0.15, -0.1) is 11.3 Å². The summed E-state index contributed by atoms with van der Waals surface area (Å²) in [7, 11) is 0. The van der Waals surface area contributed by atoms with Gasteiger partial charge in [-0.2, -0.15) is 0 Å². The van der Waals surface area contributed by atoms with Crippen molar-refractivity contribution in [2.75, 3.05) is 0 Å². The van der Waals surface area contributed by atoms with Crippen LogP contribution in [0, 0.1) is 0 Å². The Labute approximate surface area is 93.1 Å². The molecule has 2 unspecified atom stereocenters. The summed E-state index contributed by atoms with van der Waals surface area (Å²) in [5.41, 5.74) is 8.70. The maximum Gasteiger partial charge on any atom is 0.225 e. The summed E-state index contributed by atoms with van der Waals surface area (Å²) in [6.45, 7) is 4.02. The molecule has 1 aromatic rings. The van der Waals surface area contributed by atoms with Gasteiger partial charge in [-0.1, -0.05) is 0 Å². The van der Waals surface area contributed by atoms with E-state index in [-0.39, 0.29) is 24.0 Å². The normalized spacial score (nSPS) is 26.7. The summed E-state index contributed by atoms with van der Waals surface area (Å²) in [6, 6.07) is 0.0171. The average molecular weight is 225 g/mol. The third-order valence-electron chi connectivity index (χ3n) is 2.71. The highest BCUT2D eigenvalue weighted by Crippen LogP contribution is 2.33. The minimum atomic E-state index is -0.123.